The minimum Gasteiger partial charge on any atom is -0.463 e. The molecule has 7 heteroatoms. The van der Waals surface area contributed by atoms with Crippen molar-refractivity contribution in [1.82, 2.24) is 14.8 Å². The summed E-state index contributed by atoms with van der Waals surface area (Å²) in [5, 5.41) is 10.4. The van der Waals surface area contributed by atoms with Gasteiger partial charge in [0.05, 0.1) is 16.6 Å². The van der Waals surface area contributed by atoms with Crippen LogP contribution in [-0.4, -0.2) is 26.8 Å². The van der Waals surface area contributed by atoms with Crippen molar-refractivity contribution in [1.29, 1.82) is 0 Å². The quantitative estimate of drug-likeness (QED) is 0.803. The van der Waals surface area contributed by atoms with E-state index in [9.17, 15) is 4.79 Å². The molecule has 0 bridgehead atoms. The van der Waals surface area contributed by atoms with Gasteiger partial charge in [-0.05, 0) is 26.0 Å². The van der Waals surface area contributed by atoms with Crippen LogP contribution >= 0.6 is 11.3 Å². The summed E-state index contributed by atoms with van der Waals surface area (Å²) in [5.41, 5.74) is 1.84. The van der Waals surface area contributed by atoms with E-state index in [1.807, 2.05) is 43.6 Å². The number of thiazole rings is 1. The number of aryl methyl sites for hydroxylation is 2. The Hall–Kier alpha value is -2.41. The van der Waals surface area contributed by atoms with Gasteiger partial charge in [-0.15, -0.1) is 16.4 Å². The molecule has 1 N–H and O–H groups in total. The highest BCUT2D eigenvalue weighted by atomic mass is 32.1. The summed E-state index contributed by atoms with van der Waals surface area (Å²) >= 11 is 1.39. The van der Waals surface area contributed by atoms with E-state index >= 15 is 0 Å². The summed E-state index contributed by atoms with van der Waals surface area (Å²) in [6.45, 7) is 3.57. The molecule has 6 nitrogen and oxygen atoms in total. The van der Waals surface area contributed by atoms with Crippen molar-refractivity contribution in [3.8, 4) is 5.88 Å². The second kappa shape index (κ2) is 5.76. The molecular weight excluding hydrogens is 300 g/mol. The molecule has 0 fully saturated rings. The Labute approximate surface area is 131 Å². The molecule has 3 aromatic rings. The molecule has 1 aromatic carbocycles. The first-order chi connectivity index (χ1) is 10.5. The monoisotopic (exact) mass is 316 g/mol. The largest absolute Gasteiger partial charge is 0.463 e. The Morgan fingerprint density at radius 2 is 2.18 bits per heavy atom. The molecule has 0 aliphatic heterocycles. The minimum atomic E-state index is -0.664. The molecule has 0 spiro atoms. The zero-order valence-corrected chi connectivity index (χ0v) is 13.3. The molecular formula is C15H16N4O2S. The Morgan fingerprint density at radius 3 is 2.91 bits per heavy atom. The molecule has 0 saturated heterocycles. The zero-order valence-electron chi connectivity index (χ0n) is 12.5. The van der Waals surface area contributed by atoms with Gasteiger partial charge < -0.3 is 4.74 Å². The fourth-order valence-corrected chi connectivity index (χ4v) is 2.80. The van der Waals surface area contributed by atoms with Crippen molar-refractivity contribution in [3.63, 3.8) is 0 Å². The van der Waals surface area contributed by atoms with Crippen LogP contribution < -0.4 is 10.1 Å². The highest BCUT2D eigenvalue weighted by Crippen LogP contribution is 2.25. The van der Waals surface area contributed by atoms with Crippen LogP contribution in [0.5, 0.6) is 5.88 Å². The summed E-state index contributed by atoms with van der Waals surface area (Å²) in [5.74, 6) is 0.208. The number of nitrogens with one attached hydrogen (secondary N) is 1. The number of anilines is 1. The van der Waals surface area contributed by atoms with Crippen molar-refractivity contribution in [2.24, 2.45) is 7.05 Å². The Kier molecular flexibility index (Phi) is 3.81. The number of amides is 1. The van der Waals surface area contributed by atoms with Crippen LogP contribution in [0, 0.1) is 6.92 Å². The van der Waals surface area contributed by atoms with Gasteiger partial charge in [0.25, 0.3) is 5.91 Å². The number of carbonyl (C=O) groups is 1. The van der Waals surface area contributed by atoms with Crippen LogP contribution in [0.15, 0.2) is 29.6 Å². The first-order valence-electron chi connectivity index (χ1n) is 6.86. The zero-order chi connectivity index (χ0) is 15.7. The topological polar surface area (TPSA) is 69.0 Å². The predicted octanol–water partition coefficient (Wildman–Crippen LogP) is 2.74. The first-order valence-corrected chi connectivity index (χ1v) is 7.74. The fourth-order valence-electron chi connectivity index (χ4n) is 2.11. The third-order valence-corrected chi connectivity index (χ3v) is 4.11. The van der Waals surface area contributed by atoms with Crippen molar-refractivity contribution in [2.45, 2.75) is 20.0 Å². The van der Waals surface area contributed by atoms with Crippen molar-refractivity contribution < 1.29 is 9.53 Å². The van der Waals surface area contributed by atoms with E-state index < -0.39 is 6.10 Å². The number of benzene rings is 1. The van der Waals surface area contributed by atoms with Gasteiger partial charge in [0.2, 0.25) is 5.88 Å². The lowest BCUT2D eigenvalue weighted by atomic mass is 10.2. The number of hydrogen-bond acceptors (Lipinski definition) is 5. The summed E-state index contributed by atoms with van der Waals surface area (Å²) < 4.78 is 7.46. The number of hydrogen-bond donors (Lipinski definition) is 1. The van der Waals surface area contributed by atoms with Gasteiger partial charge in [0, 0.05) is 12.4 Å². The van der Waals surface area contributed by atoms with E-state index in [0.29, 0.717) is 11.0 Å². The van der Waals surface area contributed by atoms with E-state index in [-0.39, 0.29) is 5.91 Å². The molecule has 0 aliphatic rings. The Morgan fingerprint density at radius 1 is 1.41 bits per heavy atom. The lowest BCUT2D eigenvalue weighted by Gasteiger charge is -2.11. The normalized spacial score (nSPS) is 12.3. The van der Waals surface area contributed by atoms with Crippen molar-refractivity contribution >= 4 is 33.3 Å². The summed E-state index contributed by atoms with van der Waals surface area (Å²) in [6, 6.07) is 7.74. The lowest BCUT2D eigenvalue weighted by Crippen LogP contribution is -2.30. The molecule has 0 aliphatic carbocycles. The number of rotatable bonds is 4. The van der Waals surface area contributed by atoms with Gasteiger partial charge in [0.15, 0.2) is 11.2 Å². The maximum absolute atomic E-state index is 12.2. The second-order valence-electron chi connectivity index (χ2n) is 4.99. The Bertz CT molecular complexity index is 824. The molecule has 2 heterocycles. The number of nitrogens with zero attached hydrogens (tertiary/aromatic N) is 3. The molecule has 3 rings (SSSR count). The van der Waals surface area contributed by atoms with Crippen LogP contribution in [0.25, 0.3) is 10.9 Å². The van der Waals surface area contributed by atoms with Crippen molar-refractivity contribution in [3.05, 3.63) is 35.3 Å². The molecule has 0 unspecified atom stereocenters. The molecule has 1 atom stereocenters. The second-order valence-corrected chi connectivity index (χ2v) is 5.85. The van der Waals surface area contributed by atoms with Crippen LogP contribution in [0.3, 0.4) is 0 Å². The van der Waals surface area contributed by atoms with Crippen LogP contribution in [0.1, 0.15) is 12.6 Å². The van der Waals surface area contributed by atoms with Gasteiger partial charge in [-0.2, -0.15) is 0 Å². The SMILES string of the molecule is Cc1csc(NC(=O)[C@H](C)Oc2nn(C)c3ccccc23)n1. The molecule has 2 aromatic heterocycles. The number of aromatic nitrogens is 3. The minimum absolute atomic E-state index is 0.246. The van der Waals surface area contributed by atoms with Crippen LogP contribution in [0.4, 0.5) is 5.13 Å². The van der Waals surface area contributed by atoms with E-state index in [1.165, 1.54) is 11.3 Å². The molecule has 22 heavy (non-hydrogen) atoms. The number of fused-ring (bicyclic) bond motifs is 1. The highest BCUT2D eigenvalue weighted by Gasteiger charge is 2.19. The van der Waals surface area contributed by atoms with Gasteiger partial charge in [-0.1, -0.05) is 12.1 Å². The lowest BCUT2D eigenvalue weighted by molar-refractivity contribution is -0.122. The van der Waals surface area contributed by atoms with Gasteiger partial charge >= 0.3 is 0 Å². The third kappa shape index (κ3) is 2.80. The van der Waals surface area contributed by atoms with Crippen molar-refractivity contribution in [2.75, 3.05) is 5.32 Å². The maximum Gasteiger partial charge on any atom is 0.266 e. The van der Waals surface area contributed by atoms with Gasteiger partial charge in [-0.3, -0.25) is 14.8 Å². The van der Waals surface area contributed by atoms with E-state index in [4.69, 9.17) is 4.74 Å². The third-order valence-electron chi connectivity index (χ3n) is 3.23. The number of carbonyl (C=O) groups excluding carboxylic acids is 1. The van der Waals surface area contributed by atoms with Gasteiger partial charge in [-0.25, -0.2) is 4.98 Å². The van der Waals surface area contributed by atoms with E-state index in [2.05, 4.69) is 15.4 Å². The summed E-state index contributed by atoms with van der Waals surface area (Å²) in [7, 11) is 1.85. The summed E-state index contributed by atoms with van der Waals surface area (Å²) in [4.78, 5) is 16.4. The average molecular weight is 316 g/mol. The first kappa shape index (κ1) is 14.5. The van der Waals surface area contributed by atoms with Crippen LogP contribution in [-0.2, 0) is 11.8 Å². The molecule has 114 valence electrons. The van der Waals surface area contributed by atoms with E-state index in [1.54, 1.807) is 11.6 Å². The average Bonchev–Trinajstić information content (AvgIpc) is 3.04. The molecule has 0 radical (unpaired) electrons. The fraction of sp³-hybridized carbons (Fsp3) is 0.267. The number of ether oxygens (including phenoxy) is 1. The van der Waals surface area contributed by atoms with Gasteiger partial charge in [0.1, 0.15) is 0 Å². The maximum atomic E-state index is 12.2. The Balaban J connectivity index is 1.75. The smallest absolute Gasteiger partial charge is 0.266 e. The molecule has 0 saturated carbocycles. The van der Waals surface area contributed by atoms with E-state index in [0.717, 1.165) is 16.6 Å². The summed E-state index contributed by atoms with van der Waals surface area (Å²) in [6.07, 6.45) is -0.664. The number of para-hydroxylation sites is 1. The standard InChI is InChI=1S/C15H16N4O2S/c1-9-8-22-15(16-9)17-13(20)10(2)21-14-11-6-4-5-7-12(11)19(3)18-14/h4-8,10H,1-3H3,(H,16,17,20)/t10-/m0/s1. The molecule has 1 amide bonds. The predicted molar refractivity (Wildman–Crippen MR) is 86.3 cm³/mol. The highest BCUT2D eigenvalue weighted by molar-refractivity contribution is 7.13. The van der Waals surface area contributed by atoms with Crippen LogP contribution in [0.2, 0.25) is 0 Å².